The standard InChI is InChI=1S/C22H27F5O3/c1-2-3-14-4-6-15(7-5-14)17-12-28-21(29-13-17)16-8-9-19(18(23)10-16)30-22(26,27)11-20(24)25/h8-11,14-15,17,21H,2-7,12-13H2,1H3. The maximum absolute atomic E-state index is 14.2. The molecule has 0 unspecified atom stereocenters. The van der Waals surface area contributed by atoms with Gasteiger partial charge in [-0.25, -0.2) is 4.39 Å². The van der Waals surface area contributed by atoms with E-state index in [1.165, 1.54) is 31.7 Å². The van der Waals surface area contributed by atoms with Gasteiger partial charge in [-0.05, 0) is 36.8 Å². The molecule has 0 amide bonds. The Morgan fingerprint density at radius 1 is 1.10 bits per heavy atom. The van der Waals surface area contributed by atoms with Crippen molar-refractivity contribution in [3.8, 4) is 5.75 Å². The predicted octanol–water partition coefficient (Wildman–Crippen LogP) is 6.85. The molecule has 168 valence electrons. The van der Waals surface area contributed by atoms with Crippen LogP contribution in [0.25, 0.3) is 0 Å². The minimum Gasteiger partial charge on any atom is -0.426 e. The lowest BCUT2D eigenvalue weighted by Gasteiger charge is -2.37. The molecule has 1 aliphatic heterocycles. The van der Waals surface area contributed by atoms with Crippen LogP contribution in [0.3, 0.4) is 0 Å². The van der Waals surface area contributed by atoms with E-state index in [-0.39, 0.29) is 5.92 Å². The Balaban J connectivity index is 1.53. The molecule has 0 aromatic heterocycles. The normalized spacial score (nSPS) is 27.5. The van der Waals surface area contributed by atoms with Crippen molar-refractivity contribution in [2.45, 2.75) is 57.8 Å². The van der Waals surface area contributed by atoms with Crippen LogP contribution in [0.15, 0.2) is 30.4 Å². The third-order valence-corrected chi connectivity index (χ3v) is 5.93. The molecule has 1 saturated carbocycles. The van der Waals surface area contributed by atoms with Crippen LogP contribution in [0.1, 0.15) is 57.3 Å². The highest BCUT2D eigenvalue weighted by Gasteiger charge is 2.34. The molecule has 30 heavy (non-hydrogen) atoms. The number of halogens is 5. The SMILES string of the molecule is CCCC1CCC(C2COC(c3ccc(OC(F)(F)C=C(F)F)c(F)c3)OC2)CC1. The van der Waals surface area contributed by atoms with Gasteiger partial charge in [0, 0.05) is 11.5 Å². The molecule has 0 N–H and O–H groups in total. The van der Waals surface area contributed by atoms with Gasteiger partial charge in [-0.3, -0.25) is 0 Å². The minimum atomic E-state index is -4.32. The number of alkyl halides is 2. The van der Waals surface area contributed by atoms with E-state index in [1.54, 1.807) is 0 Å². The summed E-state index contributed by atoms with van der Waals surface area (Å²) in [5, 5.41) is 0. The zero-order chi connectivity index (χ0) is 21.7. The van der Waals surface area contributed by atoms with Crippen molar-refractivity contribution in [2.75, 3.05) is 13.2 Å². The molecular formula is C22H27F5O3. The molecule has 0 bridgehead atoms. The zero-order valence-corrected chi connectivity index (χ0v) is 16.9. The molecular weight excluding hydrogens is 407 g/mol. The van der Waals surface area contributed by atoms with Gasteiger partial charge in [-0.1, -0.05) is 38.7 Å². The van der Waals surface area contributed by atoms with Crippen LogP contribution >= 0.6 is 0 Å². The summed E-state index contributed by atoms with van der Waals surface area (Å²) < 4.78 is 80.4. The maximum Gasteiger partial charge on any atom is 0.425 e. The van der Waals surface area contributed by atoms with Crippen LogP contribution in [-0.4, -0.2) is 19.3 Å². The highest BCUT2D eigenvalue weighted by molar-refractivity contribution is 5.30. The van der Waals surface area contributed by atoms with E-state index in [2.05, 4.69) is 11.7 Å². The molecule has 2 fully saturated rings. The second-order valence-electron chi connectivity index (χ2n) is 8.12. The summed E-state index contributed by atoms with van der Waals surface area (Å²) in [7, 11) is 0. The van der Waals surface area contributed by atoms with Crippen LogP contribution in [0.5, 0.6) is 5.75 Å². The van der Waals surface area contributed by atoms with E-state index in [4.69, 9.17) is 9.47 Å². The lowest BCUT2D eigenvalue weighted by Crippen LogP contribution is -2.34. The fourth-order valence-corrected chi connectivity index (χ4v) is 4.39. The van der Waals surface area contributed by atoms with E-state index < -0.39 is 36.1 Å². The summed E-state index contributed by atoms with van der Waals surface area (Å²) in [6.07, 6.45) is -1.12. The monoisotopic (exact) mass is 434 g/mol. The molecule has 1 aromatic carbocycles. The van der Waals surface area contributed by atoms with Crippen molar-refractivity contribution in [1.82, 2.24) is 0 Å². The van der Waals surface area contributed by atoms with E-state index in [0.29, 0.717) is 24.7 Å². The van der Waals surface area contributed by atoms with Gasteiger partial charge >= 0.3 is 6.11 Å². The molecule has 8 heteroatoms. The van der Waals surface area contributed by atoms with Crippen molar-refractivity contribution in [2.24, 2.45) is 17.8 Å². The average molecular weight is 434 g/mol. The molecule has 1 aliphatic carbocycles. The van der Waals surface area contributed by atoms with Gasteiger partial charge in [0.1, 0.15) is 0 Å². The molecule has 1 saturated heterocycles. The van der Waals surface area contributed by atoms with Crippen molar-refractivity contribution in [3.05, 3.63) is 41.7 Å². The van der Waals surface area contributed by atoms with Gasteiger partial charge in [0.25, 0.3) is 6.08 Å². The smallest absolute Gasteiger partial charge is 0.425 e. The first kappa shape index (κ1) is 23.0. The first-order valence-electron chi connectivity index (χ1n) is 10.4. The van der Waals surface area contributed by atoms with Crippen LogP contribution in [0, 0.1) is 23.6 Å². The Bertz CT molecular complexity index is 719. The number of rotatable bonds is 7. The van der Waals surface area contributed by atoms with Gasteiger partial charge in [0.15, 0.2) is 17.9 Å². The second kappa shape index (κ2) is 10.1. The number of ether oxygens (including phenoxy) is 3. The maximum atomic E-state index is 14.2. The summed E-state index contributed by atoms with van der Waals surface area (Å²) in [5.74, 6) is -0.283. The van der Waals surface area contributed by atoms with Gasteiger partial charge in [0.2, 0.25) is 0 Å². The topological polar surface area (TPSA) is 27.7 Å². The number of hydrogen-bond donors (Lipinski definition) is 0. The lowest BCUT2D eigenvalue weighted by atomic mass is 9.75. The first-order valence-corrected chi connectivity index (χ1v) is 10.4. The molecule has 2 aliphatic rings. The molecule has 3 rings (SSSR count). The molecule has 3 nitrogen and oxygen atoms in total. The Labute approximate surface area is 173 Å². The third kappa shape index (κ3) is 6.17. The van der Waals surface area contributed by atoms with E-state index in [0.717, 1.165) is 30.9 Å². The summed E-state index contributed by atoms with van der Waals surface area (Å²) in [6.45, 7) is 3.20. The fraction of sp³-hybridized carbons (Fsp3) is 0.636. The van der Waals surface area contributed by atoms with Crippen LogP contribution < -0.4 is 4.74 Å². The Morgan fingerprint density at radius 3 is 2.33 bits per heavy atom. The van der Waals surface area contributed by atoms with E-state index in [1.807, 2.05) is 0 Å². The van der Waals surface area contributed by atoms with Crippen molar-refractivity contribution in [1.29, 1.82) is 0 Å². The fourth-order valence-electron chi connectivity index (χ4n) is 4.39. The summed E-state index contributed by atoms with van der Waals surface area (Å²) in [4.78, 5) is 0. The van der Waals surface area contributed by atoms with Gasteiger partial charge < -0.3 is 14.2 Å². The third-order valence-electron chi connectivity index (χ3n) is 5.93. The Kier molecular flexibility index (Phi) is 7.74. The van der Waals surface area contributed by atoms with Gasteiger partial charge in [-0.15, -0.1) is 0 Å². The highest BCUT2D eigenvalue weighted by atomic mass is 19.3. The van der Waals surface area contributed by atoms with Gasteiger partial charge in [0.05, 0.1) is 19.3 Å². The largest absolute Gasteiger partial charge is 0.426 e. The molecule has 1 heterocycles. The minimum absolute atomic E-state index is 0.289. The second-order valence-corrected chi connectivity index (χ2v) is 8.12. The van der Waals surface area contributed by atoms with Gasteiger partial charge in [-0.2, -0.15) is 17.6 Å². The average Bonchev–Trinajstić information content (AvgIpc) is 2.69. The molecule has 0 radical (unpaired) electrons. The number of hydrogen-bond acceptors (Lipinski definition) is 3. The summed E-state index contributed by atoms with van der Waals surface area (Å²) in [5.41, 5.74) is 0.320. The highest BCUT2D eigenvalue weighted by Crippen LogP contribution is 2.39. The van der Waals surface area contributed by atoms with E-state index >= 15 is 0 Å². The quantitative estimate of drug-likeness (QED) is 0.440. The predicted molar refractivity (Wildman–Crippen MR) is 101 cm³/mol. The summed E-state index contributed by atoms with van der Waals surface area (Å²) in [6, 6.07) is 3.24. The molecule has 0 atom stereocenters. The van der Waals surface area contributed by atoms with E-state index in [9.17, 15) is 22.0 Å². The van der Waals surface area contributed by atoms with Crippen LogP contribution in [0.4, 0.5) is 22.0 Å². The van der Waals surface area contributed by atoms with Crippen LogP contribution in [-0.2, 0) is 9.47 Å². The Hall–Kier alpha value is -1.67. The van der Waals surface area contributed by atoms with Crippen LogP contribution in [0.2, 0.25) is 0 Å². The molecule has 1 aromatic rings. The molecule has 0 spiro atoms. The van der Waals surface area contributed by atoms with Crippen molar-refractivity contribution in [3.63, 3.8) is 0 Å². The zero-order valence-electron chi connectivity index (χ0n) is 16.9. The summed E-state index contributed by atoms with van der Waals surface area (Å²) >= 11 is 0. The van der Waals surface area contributed by atoms with Crippen molar-refractivity contribution >= 4 is 0 Å². The first-order chi connectivity index (χ1) is 14.3. The Morgan fingerprint density at radius 2 is 1.77 bits per heavy atom. The van der Waals surface area contributed by atoms with Crippen molar-refractivity contribution < 1.29 is 36.2 Å². The number of benzene rings is 1. The lowest BCUT2D eigenvalue weighted by molar-refractivity contribution is -0.214.